The zero-order valence-corrected chi connectivity index (χ0v) is 18.2. The van der Waals surface area contributed by atoms with Gasteiger partial charge < -0.3 is 24.1 Å². The van der Waals surface area contributed by atoms with Crippen LogP contribution in [0, 0.1) is 18.8 Å². The number of hydrogen-bond donors (Lipinski definition) is 1. The van der Waals surface area contributed by atoms with Gasteiger partial charge in [0.25, 0.3) is 0 Å². The van der Waals surface area contributed by atoms with Gasteiger partial charge in [-0.25, -0.2) is 9.59 Å². The number of aliphatic carboxylic acids is 1. The van der Waals surface area contributed by atoms with Crippen LogP contribution < -0.4 is 4.74 Å². The molecule has 0 bridgehead atoms. The van der Waals surface area contributed by atoms with Gasteiger partial charge in [0.2, 0.25) is 0 Å². The Morgan fingerprint density at radius 2 is 1.97 bits per heavy atom. The van der Waals surface area contributed by atoms with Crippen LogP contribution >= 0.6 is 11.6 Å². The summed E-state index contributed by atoms with van der Waals surface area (Å²) in [4.78, 5) is 23.2. The van der Waals surface area contributed by atoms with Crippen molar-refractivity contribution in [2.45, 2.75) is 33.3 Å². The van der Waals surface area contributed by atoms with Crippen LogP contribution in [0.15, 0.2) is 29.8 Å². The highest BCUT2D eigenvalue weighted by Crippen LogP contribution is 2.22. The van der Waals surface area contributed by atoms with E-state index in [2.05, 4.69) is 11.8 Å². The fourth-order valence-electron chi connectivity index (χ4n) is 2.18. The summed E-state index contributed by atoms with van der Waals surface area (Å²) in [5.74, 6) is 4.05. The van der Waals surface area contributed by atoms with E-state index in [9.17, 15) is 14.7 Å². The van der Waals surface area contributed by atoms with E-state index in [1.54, 1.807) is 25.1 Å². The van der Waals surface area contributed by atoms with Gasteiger partial charge >= 0.3 is 11.9 Å². The molecule has 0 saturated heterocycles. The van der Waals surface area contributed by atoms with Crippen LogP contribution in [0.25, 0.3) is 0 Å². The molecule has 164 valence electrons. The fraction of sp³-hybridized carbons (Fsp3) is 0.455. The maximum Gasteiger partial charge on any atom is 0.347 e. The molecule has 1 aromatic carbocycles. The van der Waals surface area contributed by atoms with Crippen molar-refractivity contribution in [3.63, 3.8) is 0 Å². The van der Waals surface area contributed by atoms with Gasteiger partial charge in [-0.2, -0.15) is 0 Å². The first-order chi connectivity index (χ1) is 14.3. The van der Waals surface area contributed by atoms with Crippen molar-refractivity contribution in [3.8, 4) is 17.6 Å². The third-order valence-corrected chi connectivity index (χ3v) is 4.01. The Kier molecular flexibility index (Phi) is 12.3. The molecule has 7 nitrogen and oxygen atoms in total. The van der Waals surface area contributed by atoms with Crippen LogP contribution in [0.5, 0.6) is 5.75 Å². The molecule has 1 N–H and O–H groups in total. The number of carbonyl (C=O) groups is 2. The summed E-state index contributed by atoms with van der Waals surface area (Å²) in [6.45, 7) is 6.82. The molecule has 0 amide bonds. The second-order valence-electron chi connectivity index (χ2n) is 6.13. The van der Waals surface area contributed by atoms with E-state index in [-0.39, 0.29) is 25.2 Å². The van der Waals surface area contributed by atoms with E-state index in [4.69, 9.17) is 30.5 Å². The largest absolute Gasteiger partial charge is 0.479 e. The zero-order valence-electron chi connectivity index (χ0n) is 17.4. The highest BCUT2D eigenvalue weighted by Gasteiger charge is 2.17. The number of aryl methyl sites for hydroxylation is 1. The quantitative estimate of drug-likeness (QED) is 0.231. The average Bonchev–Trinajstić information content (AvgIpc) is 2.70. The number of allylic oxidation sites excluding steroid dienone is 1. The van der Waals surface area contributed by atoms with Crippen molar-refractivity contribution in [2.24, 2.45) is 0 Å². The summed E-state index contributed by atoms with van der Waals surface area (Å²) >= 11 is 5.89. The Bertz CT molecular complexity index is 792. The van der Waals surface area contributed by atoms with E-state index in [1.165, 1.54) is 6.08 Å². The van der Waals surface area contributed by atoms with Crippen LogP contribution in [-0.4, -0.2) is 56.2 Å². The Balaban J connectivity index is 2.43. The molecule has 0 fully saturated rings. The molecule has 0 saturated carbocycles. The summed E-state index contributed by atoms with van der Waals surface area (Å²) in [7, 11) is 0. The summed E-state index contributed by atoms with van der Waals surface area (Å²) < 4.78 is 21.0. The van der Waals surface area contributed by atoms with Crippen LogP contribution in [0.3, 0.4) is 0 Å². The average molecular weight is 439 g/mol. The molecule has 0 radical (unpaired) electrons. The first-order valence-electron chi connectivity index (χ1n) is 9.50. The summed E-state index contributed by atoms with van der Waals surface area (Å²) in [5.41, 5.74) is 0.912. The number of hydrogen-bond acceptors (Lipinski definition) is 6. The maximum atomic E-state index is 12.0. The number of carbonyl (C=O) groups excluding carboxylic acids is 1. The molecule has 0 spiro atoms. The Labute approximate surface area is 181 Å². The van der Waals surface area contributed by atoms with Crippen molar-refractivity contribution in [1.82, 2.24) is 0 Å². The van der Waals surface area contributed by atoms with Crippen molar-refractivity contribution < 1.29 is 33.6 Å². The molecule has 0 aromatic heterocycles. The highest BCUT2D eigenvalue weighted by atomic mass is 35.5. The van der Waals surface area contributed by atoms with Gasteiger partial charge in [-0.3, -0.25) is 0 Å². The lowest BCUT2D eigenvalue weighted by Gasteiger charge is -2.14. The molecule has 1 atom stereocenters. The topological polar surface area (TPSA) is 91.3 Å². The molecule has 1 aromatic rings. The fourth-order valence-corrected chi connectivity index (χ4v) is 2.40. The summed E-state index contributed by atoms with van der Waals surface area (Å²) in [5, 5.41) is 9.76. The molecule has 1 unspecified atom stereocenters. The van der Waals surface area contributed by atoms with Gasteiger partial charge in [-0.1, -0.05) is 23.4 Å². The first kappa shape index (κ1) is 25.5. The summed E-state index contributed by atoms with van der Waals surface area (Å²) in [6, 6.07) is 5.08. The maximum absolute atomic E-state index is 12.0. The normalized spacial score (nSPS) is 11.9. The van der Waals surface area contributed by atoms with E-state index >= 15 is 0 Å². The Morgan fingerprint density at radius 1 is 1.23 bits per heavy atom. The molecular formula is C22H27ClO7. The third kappa shape index (κ3) is 10.3. The Hall–Kier alpha value is -2.53. The van der Waals surface area contributed by atoms with Crippen molar-refractivity contribution in [1.29, 1.82) is 0 Å². The minimum atomic E-state index is -1.07. The zero-order chi connectivity index (χ0) is 22.4. The predicted molar refractivity (Wildman–Crippen MR) is 113 cm³/mol. The van der Waals surface area contributed by atoms with Crippen LogP contribution in [-0.2, 0) is 23.8 Å². The lowest BCUT2D eigenvalue weighted by molar-refractivity contribution is -0.149. The number of benzene rings is 1. The second kappa shape index (κ2) is 14.5. The number of rotatable bonds is 12. The van der Waals surface area contributed by atoms with E-state index in [0.29, 0.717) is 30.6 Å². The standard InChI is InChI=1S/C22H27ClO7/c1-4-27-13-14-28-12-10-18(21(24)25)7-5-6-11-29-22(26)17(3)30-20-9-8-19(23)15-16(20)2/h7-9,15,17H,4,10-14H2,1-3H3,(H,24,25)/b18-7+. The summed E-state index contributed by atoms with van der Waals surface area (Å²) in [6.07, 6.45) is 0.658. The molecule has 0 heterocycles. The van der Waals surface area contributed by atoms with Gasteiger partial charge in [-0.15, -0.1) is 0 Å². The number of ether oxygens (including phenoxy) is 4. The van der Waals surface area contributed by atoms with Crippen LogP contribution in [0.4, 0.5) is 0 Å². The van der Waals surface area contributed by atoms with Gasteiger partial charge in [0.1, 0.15) is 5.75 Å². The molecule has 0 aliphatic carbocycles. The van der Waals surface area contributed by atoms with Gasteiger partial charge in [0.15, 0.2) is 12.7 Å². The van der Waals surface area contributed by atoms with E-state index < -0.39 is 18.0 Å². The third-order valence-electron chi connectivity index (χ3n) is 3.77. The second-order valence-corrected chi connectivity index (χ2v) is 6.57. The minimum absolute atomic E-state index is 0.111. The van der Waals surface area contributed by atoms with Gasteiger partial charge in [-0.05, 0) is 50.6 Å². The molecular weight excluding hydrogens is 412 g/mol. The monoisotopic (exact) mass is 438 g/mol. The SMILES string of the molecule is CCOCCOCC/C(=C\C#CCOC(=O)C(C)Oc1ccc(Cl)cc1C)C(=O)O. The number of carboxylic acids is 1. The number of halogens is 1. The van der Waals surface area contributed by atoms with Crippen LogP contribution in [0.1, 0.15) is 25.8 Å². The lowest BCUT2D eigenvalue weighted by atomic mass is 10.2. The Morgan fingerprint density at radius 3 is 2.63 bits per heavy atom. The van der Waals surface area contributed by atoms with Gasteiger partial charge in [0, 0.05) is 23.6 Å². The van der Waals surface area contributed by atoms with Crippen molar-refractivity contribution in [2.75, 3.05) is 33.0 Å². The molecule has 0 aliphatic rings. The molecule has 30 heavy (non-hydrogen) atoms. The van der Waals surface area contributed by atoms with Crippen molar-refractivity contribution in [3.05, 3.63) is 40.4 Å². The van der Waals surface area contributed by atoms with E-state index in [1.807, 2.05) is 13.8 Å². The number of carboxylic acid groups (broad SMARTS) is 1. The first-order valence-corrected chi connectivity index (χ1v) is 9.88. The smallest absolute Gasteiger partial charge is 0.347 e. The van der Waals surface area contributed by atoms with Gasteiger partial charge in [0.05, 0.1) is 19.8 Å². The molecule has 0 aliphatic heterocycles. The molecule has 8 heteroatoms. The molecule has 1 rings (SSSR count). The predicted octanol–water partition coefficient (Wildman–Crippen LogP) is 3.42. The van der Waals surface area contributed by atoms with Crippen molar-refractivity contribution >= 4 is 23.5 Å². The van der Waals surface area contributed by atoms with E-state index in [0.717, 1.165) is 5.56 Å². The lowest BCUT2D eigenvalue weighted by Crippen LogP contribution is -2.26. The number of esters is 1. The minimum Gasteiger partial charge on any atom is -0.479 e. The highest BCUT2D eigenvalue weighted by molar-refractivity contribution is 6.30. The van der Waals surface area contributed by atoms with Crippen LogP contribution in [0.2, 0.25) is 5.02 Å².